The molecule has 0 fully saturated rings. The molecule has 0 atom stereocenters. The fraction of sp³-hybridized carbons (Fsp3) is 0.182. The zero-order chi connectivity index (χ0) is 14.7. The van der Waals surface area contributed by atoms with Gasteiger partial charge in [-0.3, -0.25) is 0 Å². The standard InChI is InChI=1S/C11H9Cl2FN4O2/c12-7-3-6(4-8(13)10(7)14)15-1-2-18-5-9(11(19)20)16-17-18/h3-5,15H,1-2H2,(H,19,20). The first-order valence-electron chi connectivity index (χ1n) is 5.49. The van der Waals surface area contributed by atoms with E-state index in [-0.39, 0.29) is 15.7 Å². The minimum atomic E-state index is -1.14. The van der Waals surface area contributed by atoms with Crippen molar-refractivity contribution in [3.63, 3.8) is 0 Å². The first-order chi connectivity index (χ1) is 9.47. The number of carbonyl (C=O) groups is 1. The molecule has 1 aromatic carbocycles. The summed E-state index contributed by atoms with van der Waals surface area (Å²) in [7, 11) is 0. The van der Waals surface area contributed by atoms with Crippen LogP contribution in [-0.4, -0.2) is 32.6 Å². The van der Waals surface area contributed by atoms with Gasteiger partial charge in [-0.05, 0) is 12.1 Å². The van der Waals surface area contributed by atoms with Gasteiger partial charge in [-0.2, -0.15) is 0 Å². The van der Waals surface area contributed by atoms with E-state index in [0.717, 1.165) is 0 Å². The zero-order valence-electron chi connectivity index (χ0n) is 9.98. The van der Waals surface area contributed by atoms with Gasteiger partial charge in [0.2, 0.25) is 0 Å². The van der Waals surface area contributed by atoms with Crippen LogP contribution in [-0.2, 0) is 6.54 Å². The molecule has 106 valence electrons. The predicted molar refractivity (Wildman–Crippen MR) is 71.9 cm³/mol. The Hall–Kier alpha value is -1.86. The van der Waals surface area contributed by atoms with Crippen molar-refractivity contribution in [1.82, 2.24) is 15.0 Å². The van der Waals surface area contributed by atoms with Gasteiger partial charge in [-0.1, -0.05) is 28.4 Å². The van der Waals surface area contributed by atoms with Crippen LogP contribution < -0.4 is 5.32 Å². The maximum atomic E-state index is 13.2. The number of nitrogens with zero attached hydrogens (tertiary/aromatic N) is 3. The van der Waals surface area contributed by atoms with Crippen LogP contribution >= 0.6 is 23.2 Å². The molecule has 0 saturated carbocycles. The molecule has 0 unspecified atom stereocenters. The number of aromatic carboxylic acids is 1. The Morgan fingerprint density at radius 3 is 2.60 bits per heavy atom. The van der Waals surface area contributed by atoms with Gasteiger partial charge >= 0.3 is 5.97 Å². The summed E-state index contributed by atoms with van der Waals surface area (Å²) in [5.41, 5.74) is 0.429. The summed E-state index contributed by atoms with van der Waals surface area (Å²) in [6, 6.07) is 2.82. The van der Waals surface area contributed by atoms with Crippen LogP contribution in [0.2, 0.25) is 10.0 Å². The molecule has 1 heterocycles. The van der Waals surface area contributed by atoms with Crippen LogP contribution in [0.3, 0.4) is 0 Å². The van der Waals surface area contributed by atoms with Crippen LogP contribution in [0.1, 0.15) is 10.5 Å². The van der Waals surface area contributed by atoms with E-state index in [1.165, 1.54) is 23.0 Å². The van der Waals surface area contributed by atoms with Crippen LogP contribution in [0.5, 0.6) is 0 Å². The quantitative estimate of drug-likeness (QED) is 0.828. The second-order valence-corrected chi connectivity index (χ2v) is 4.67. The van der Waals surface area contributed by atoms with E-state index in [1.54, 1.807) is 0 Å². The molecule has 0 aliphatic rings. The largest absolute Gasteiger partial charge is 0.476 e. The fourth-order valence-corrected chi connectivity index (χ4v) is 1.97. The third kappa shape index (κ3) is 3.37. The summed E-state index contributed by atoms with van der Waals surface area (Å²) in [4.78, 5) is 10.6. The molecule has 9 heteroatoms. The van der Waals surface area contributed by atoms with E-state index in [4.69, 9.17) is 28.3 Å². The molecule has 2 rings (SSSR count). The molecule has 0 aliphatic carbocycles. The molecule has 0 radical (unpaired) electrons. The summed E-state index contributed by atoms with van der Waals surface area (Å²) in [6.45, 7) is 0.799. The number of nitrogens with one attached hydrogen (secondary N) is 1. The Bertz CT molecular complexity index is 624. The Labute approximate surface area is 123 Å². The highest BCUT2D eigenvalue weighted by atomic mass is 35.5. The number of hydrogen-bond acceptors (Lipinski definition) is 4. The molecule has 0 bridgehead atoms. The summed E-state index contributed by atoms with van der Waals surface area (Å²) >= 11 is 11.3. The number of benzene rings is 1. The number of carboxylic acid groups (broad SMARTS) is 1. The van der Waals surface area contributed by atoms with Gasteiger partial charge in [0.25, 0.3) is 0 Å². The van der Waals surface area contributed by atoms with Crippen molar-refractivity contribution in [1.29, 1.82) is 0 Å². The summed E-state index contributed by atoms with van der Waals surface area (Å²) in [5, 5.41) is 18.6. The normalized spacial score (nSPS) is 10.6. The van der Waals surface area contributed by atoms with E-state index < -0.39 is 11.8 Å². The smallest absolute Gasteiger partial charge is 0.358 e. The lowest BCUT2D eigenvalue weighted by Crippen LogP contribution is -2.11. The Kier molecular flexibility index (Phi) is 4.41. The van der Waals surface area contributed by atoms with Gasteiger partial charge < -0.3 is 10.4 Å². The molecular weight excluding hydrogens is 310 g/mol. The van der Waals surface area contributed by atoms with Gasteiger partial charge in [-0.25, -0.2) is 13.9 Å². The van der Waals surface area contributed by atoms with Gasteiger partial charge in [-0.15, -0.1) is 5.10 Å². The van der Waals surface area contributed by atoms with Gasteiger partial charge in [0.15, 0.2) is 11.5 Å². The Morgan fingerprint density at radius 1 is 1.40 bits per heavy atom. The van der Waals surface area contributed by atoms with E-state index >= 15 is 0 Å². The number of rotatable bonds is 5. The molecule has 20 heavy (non-hydrogen) atoms. The Balaban J connectivity index is 1.94. The second-order valence-electron chi connectivity index (χ2n) is 3.85. The minimum Gasteiger partial charge on any atom is -0.476 e. The van der Waals surface area contributed by atoms with Crippen LogP contribution in [0.25, 0.3) is 0 Å². The third-order valence-electron chi connectivity index (χ3n) is 2.41. The first-order valence-corrected chi connectivity index (χ1v) is 6.25. The van der Waals surface area contributed by atoms with E-state index in [2.05, 4.69) is 15.6 Å². The molecule has 0 saturated heterocycles. The van der Waals surface area contributed by atoms with Crippen molar-refractivity contribution in [2.24, 2.45) is 0 Å². The fourth-order valence-electron chi connectivity index (χ4n) is 1.48. The van der Waals surface area contributed by atoms with Gasteiger partial charge in [0, 0.05) is 12.2 Å². The number of hydrogen-bond donors (Lipinski definition) is 2. The van der Waals surface area contributed by atoms with Gasteiger partial charge in [0.05, 0.1) is 22.8 Å². The average Bonchev–Trinajstić information content (AvgIpc) is 2.85. The maximum absolute atomic E-state index is 13.2. The lowest BCUT2D eigenvalue weighted by Gasteiger charge is -2.08. The summed E-state index contributed by atoms with van der Waals surface area (Å²) in [5.74, 6) is -1.80. The van der Waals surface area contributed by atoms with Crippen LogP contribution in [0.15, 0.2) is 18.3 Å². The zero-order valence-corrected chi connectivity index (χ0v) is 11.5. The van der Waals surface area contributed by atoms with Crippen molar-refractivity contribution >= 4 is 34.9 Å². The molecule has 2 N–H and O–H groups in total. The average molecular weight is 319 g/mol. The van der Waals surface area contributed by atoms with Crippen LogP contribution in [0.4, 0.5) is 10.1 Å². The van der Waals surface area contributed by atoms with Crippen molar-refractivity contribution in [3.05, 3.63) is 39.9 Å². The molecule has 1 aromatic heterocycles. The molecular formula is C11H9Cl2FN4O2. The minimum absolute atomic E-state index is 0.0751. The monoisotopic (exact) mass is 318 g/mol. The number of anilines is 1. The molecule has 0 aliphatic heterocycles. The van der Waals surface area contributed by atoms with E-state index in [0.29, 0.717) is 18.8 Å². The molecule has 0 amide bonds. The van der Waals surface area contributed by atoms with E-state index in [1.807, 2.05) is 0 Å². The molecule has 0 spiro atoms. The van der Waals surface area contributed by atoms with Crippen molar-refractivity contribution in [2.45, 2.75) is 6.54 Å². The lowest BCUT2D eigenvalue weighted by atomic mass is 10.3. The van der Waals surface area contributed by atoms with Crippen molar-refractivity contribution in [3.8, 4) is 0 Å². The number of aromatic nitrogens is 3. The topological polar surface area (TPSA) is 80.0 Å². The highest BCUT2D eigenvalue weighted by molar-refractivity contribution is 6.35. The third-order valence-corrected chi connectivity index (χ3v) is 2.96. The lowest BCUT2D eigenvalue weighted by molar-refractivity contribution is 0.0690. The highest BCUT2D eigenvalue weighted by Gasteiger charge is 2.09. The predicted octanol–water partition coefficient (Wildman–Crippen LogP) is 2.53. The molecule has 6 nitrogen and oxygen atoms in total. The summed E-state index contributed by atoms with van der Waals surface area (Å²) < 4.78 is 14.6. The van der Waals surface area contributed by atoms with E-state index in [9.17, 15) is 9.18 Å². The number of carboxylic acids is 1. The van der Waals surface area contributed by atoms with Gasteiger partial charge in [0.1, 0.15) is 0 Å². The van der Waals surface area contributed by atoms with Crippen LogP contribution in [0, 0.1) is 5.82 Å². The number of halogens is 3. The SMILES string of the molecule is O=C(O)c1cn(CCNc2cc(Cl)c(F)c(Cl)c2)nn1. The summed E-state index contributed by atoms with van der Waals surface area (Å²) in [6.07, 6.45) is 1.31. The first kappa shape index (κ1) is 14.5. The highest BCUT2D eigenvalue weighted by Crippen LogP contribution is 2.27. The molecule has 2 aromatic rings. The van der Waals surface area contributed by atoms with Crippen molar-refractivity contribution < 1.29 is 14.3 Å². The Morgan fingerprint density at radius 2 is 2.05 bits per heavy atom. The second kappa shape index (κ2) is 6.06. The maximum Gasteiger partial charge on any atom is 0.358 e. The van der Waals surface area contributed by atoms with Crippen molar-refractivity contribution in [2.75, 3.05) is 11.9 Å².